The maximum Gasteiger partial charge on any atom is 0.176 e. The average Bonchev–Trinajstić information content (AvgIpc) is 1.88. The maximum absolute atomic E-state index is 10.7. The fourth-order valence-electron chi connectivity index (χ4n) is 0.961. The van der Waals surface area contributed by atoms with E-state index in [0.29, 0.717) is 19.6 Å². The van der Waals surface area contributed by atoms with Crippen molar-refractivity contribution in [3.8, 4) is 0 Å². The molecular weight excluding hydrogens is 130 g/mol. The molecule has 1 atom stereocenters. The molecule has 0 amide bonds. The minimum absolute atomic E-state index is 0.0301. The van der Waals surface area contributed by atoms with E-state index in [9.17, 15) is 4.79 Å². The maximum atomic E-state index is 10.7. The summed E-state index contributed by atoms with van der Waals surface area (Å²) in [6.07, 6.45) is 1.91. The SMILES string of the molecule is CCO[C@@H]1CN=CC(=O)C1. The number of ether oxygens (including phenoxy) is 1. The Morgan fingerprint density at radius 1 is 1.90 bits per heavy atom. The summed E-state index contributed by atoms with van der Waals surface area (Å²) >= 11 is 0. The van der Waals surface area contributed by atoms with Gasteiger partial charge in [-0.15, -0.1) is 0 Å². The van der Waals surface area contributed by atoms with E-state index in [1.807, 2.05) is 6.92 Å². The molecule has 0 saturated heterocycles. The molecule has 0 aliphatic carbocycles. The summed E-state index contributed by atoms with van der Waals surface area (Å²) in [5.41, 5.74) is 0. The van der Waals surface area contributed by atoms with Crippen LogP contribution in [0.1, 0.15) is 13.3 Å². The molecular formula is C7H11NO2. The number of carbonyl (C=O) groups excluding carboxylic acids is 1. The molecule has 0 aromatic rings. The predicted octanol–water partition coefficient (Wildman–Crippen LogP) is 0.435. The minimum Gasteiger partial charge on any atom is -0.376 e. The minimum atomic E-state index is 0.0301. The lowest BCUT2D eigenvalue weighted by molar-refractivity contribution is -0.115. The third kappa shape index (κ3) is 1.92. The third-order valence-corrected chi connectivity index (χ3v) is 1.38. The Labute approximate surface area is 60.1 Å². The lowest BCUT2D eigenvalue weighted by atomic mass is 10.1. The van der Waals surface area contributed by atoms with E-state index < -0.39 is 0 Å². The summed E-state index contributed by atoms with van der Waals surface area (Å²) in [6, 6.07) is 0. The molecule has 0 aromatic carbocycles. The van der Waals surface area contributed by atoms with Gasteiger partial charge in [0.05, 0.1) is 18.9 Å². The van der Waals surface area contributed by atoms with Gasteiger partial charge >= 0.3 is 0 Å². The van der Waals surface area contributed by atoms with Crippen LogP contribution in [-0.2, 0) is 9.53 Å². The van der Waals surface area contributed by atoms with Crippen LogP contribution >= 0.6 is 0 Å². The zero-order chi connectivity index (χ0) is 7.40. The van der Waals surface area contributed by atoms with Gasteiger partial charge in [-0.1, -0.05) is 0 Å². The van der Waals surface area contributed by atoms with Gasteiger partial charge < -0.3 is 4.74 Å². The fourth-order valence-corrected chi connectivity index (χ4v) is 0.961. The first-order valence-corrected chi connectivity index (χ1v) is 3.47. The van der Waals surface area contributed by atoms with Crippen molar-refractivity contribution in [1.29, 1.82) is 0 Å². The molecule has 0 fully saturated rings. The summed E-state index contributed by atoms with van der Waals surface area (Å²) in [6.45, 7) is 3.22. The number of hydrogen-bond donors (Lipinski definition) is 0. The fraction of sp³-hybridized carbons (Fsp3) is 0.714. The molecule has 0 spiro atoms. The van der Waals surface area contributed by atoms with Gasteiger partial charge in [0, 0.05) is 13.0 Å². The molecule has 10 heavy (non-hydrogen) atoms. The second kappa shape index (κ2) is 3.46. The number of nitrogens with zero attached hydrogens (tertiary/aromatic N) is 1. The van der Waals surface area contributed by atoms with Gasteiger partial charge in [0.1, 0.15) is 0 Å². The summed E-state index contributed by atoms with van der Waals surface area (Å²) < 4.78 is 5.22. The zero-order valence-electron chi connectivity index (χ0n) is 6.04. The van der Waals surface area contributed by atoms with Crippen molar-refractivity contribution in [1.82, 2.24) is 0 Å². The van der Waals surface area contributed by atoms with Crippen molar-refractivity contribution in [2.24, 2.45) is 4.99 Å². The molecule has 1 aliphatic rings. The van der Waals surface area contributed by atoms with Crippen LogP contribution in [0.15, 0.2) is 4.99 Å². The largest absolute Gasteiger partial charge is 0.376 e. The van der Waals surface area contributed by atoms with Crippen LogP contribution in [0.3, 0.4) is 0 Å². The van der Waals surface area contributed by atoms with E-state index in [0.717, 1.165) is 0 Å². The molecule has 56 valence electrons. The first kappa shape index (κ1) is 7.41. The van der Waals surface area contributed by atoms with Crippen molar-refractivity contribution in [3.63, 3.8) is 0 Å². The lowest BCUT2D eigenvalue weighted by Crippen LogP contribution is -2.25. The molecule has 0 radical (unpaired) electrons. The Kier molecular flexibility index (Phi) is 2.57. The Morgan fingerprint density at radius 3 is 3.30 bits per heavy atom. The normalized spacial score (nSPS) is 25.3. The topological polar surface area (TPSA) is 38.7 Å². The molecule has 0 saturated carbocycles. The Morgan fingerprint density at radius 2 is 2.70 bits per heavy atom. The quantitative estimate of drug-likeness (QED) is 0.559. The molecule has 1 rings (SSSR count). The molecule has 0 N–H and O–H groups in total. The van der Waals surface area contributed by atoms with Crippen molar-refractivity contribution < 1.29 is 9.53 Å². The summed E-state index contributed by atoms with van der Waals surface area (Å²) in [5, 5.41) is 0. The number of Topliss-reactive ketones (excluding diaryl/α,β-unsaturated/α-hetero) is 1. The van der Waals surface area contributed by atoms with Crippen LogP contribution in [0.2, 0.25) is 0 Å². The van der Waals surface area contributed by atoms with Crippen molar-refractivity contribution in [2.45, 2.75) is 19.4 Å². The summed E-state index contributed by atoms with van der Waals surface area (Å²) in [7, 11) is 0. The standard InChI is InChI=1S/C7H11NO2/c1-2-10-7-3-6(9)4-8-5-7/h4,7H,2-3,5H2,1H3/t7-/m0/s1. The number of hydrogen-bond acceptors (Lipinski definition) is 3. The van der Waals surface area contributed by atoms with Gasteiger partial charge in [0.2, 0.25) is 0 Å². The van der Waals surface area contributed by atoms with Gasteiger partial charge in [-0.2, -0.15) is 0 Å². The van der Waals surface area contributed by atoms with E-state index in [2.05, 4.69) is 4.99 Å². The van der Waals surface area contributed by atoms with Crippen LogP contribution in [0.25, 0.3) is 0 Å². The smallest absolute Gasteiger partial charge is 0.176 e. The van der Waals surface area contributed by atoms with Crippen molar-refractivity contribution in [3.05, 3.63) is 0 Å². The predicted molar refractivity (Wildman–Crippen MR) is 38.4 cm³/mol. The first-order chi connectivity index (χ1) is 4.83. The van der Waals surface area contributed by atoms with Gasteiger partial charge in [-0.3, -0.25) is 9.79 Å². The lowest BCUT2D eigenvalue weighted by Gasteiger charge is -2.15. The molecule has 0 unspecified atom stereocenters. The first-order valence-electron chi connectivity index (χ1n) is 3.47. The third-order valence-electron chi connectivity index (χ3n) is 1.38. The van der Waals surface area contributed by atoms with Crippen molar-refractivity contribution in [2.75, 3.05) is 13.2 Å². The molecule has 3 nitrogen and oxygen atoms in total. The molecule has 1 heterocycles. The second-order valence-corrected chi connectivity index (χ2v) is 2.24. The summed E-state index contributed by atoms with van der Waals surface area (Å²) in [4.78, 5) is 14.6. The highest BCUT2D eigenvalue weighted by molar-refractivity contribution is 6.28. The number of aliphatic imine (C=N–C) groups is 1. The highest BCUT2D eigenvalue weighted by atomic mass is 16.5. The Balaban J connectivity index is 2.36. The highest BCUT2D eigenvalue weighted by Gasteiger charge is 2.15. The number of rotatable bonds is 2. The molecule has 1 aliphatic heterocycles. The van der Waals surface area contributed by atoms with Crippen LogP contribution in [0.5, 0.6) is 0 Å². The van der Waals surface area contributed by atoms with Gasteiger partial charge in [-0.05, 0) is 6.92 Å². The molecule has 3 heteroatoms. The van der Waals surface area contributed by atoms with Gasteiger partial charge in [0.25, 0.3) is 0 Å². The monoisotopic (exact) mass is 141 g/mol. The van der Waals surface area contributed by atoms with Gasteiger partial charge in [-0.25, -0.2) is 0 Å². The summed E-state index contributed by atoms with van der Waals surface area (Å²) in [5.74, 6) is 0.0738. The van der Waals surface area contributed by atoms with E-state index in [1.54, 1.807) is 0 Å². The molecule has 0 aromatic heterocycles. The van der Waals surface area contributed by atoms with Crippen LogP contribution in [-0.4, -0.2) is 31.3 Å². The van der Waals surface area contributed by atoms with Crippen LogP contribution < -0.4 is 0 Å². The van der Waals surface area contributed by atoms with E-state index in [-0.39, 0.29) is 11.9 Å². The second-order valence-electron chi connectivity index (χ2n) is 2.24. The van der Waals surface area contributed by atoms with Crippen LogP contribution in [0, 0.1) is 0 Å². The Bertz CT molecular complexity index is 154. The van der Waals surface area contributed by atoms with Gasteiger partial charge in [0.15, 0.2) is 5.78 Å². The average molecular weight is 141 g/mol. The highest BCUT2D eigenvalue weighted by Crippen LogP contribution is 2.03. The van der Waals surface area contributed by atoms with E-state index >= 15 is 0 Å². The number of ketones is 1. The van der Waals surface area contributed by atoms with E-state index in [1.165, 1.54) is 6.21 Å². The Hall–Kier alpha value is -0.700. The van der Waals surface area contributed by atoms with Crippen LogP contribution in [0.4, 0.5) is 0 Å². The zero-order valence-corrected chi connectivity index (χ0v) is 6.04. The number of carbonyl (C=O) groups is 1. The molecule has 0 bridgehead atoms. The van der Waals surface area contributed by atoms with Crippen molar-refractivity contribution >= 4 is 12.0 Å². The van der Waals surface area contributed by atoms with E-state index in [4.69, 9.17) is 4.74 Å².